The molecule has 2 heteroatoms. The molecule has 0 rings (SSSR count). The van der Waals surface area contributed by atoms with Crippen LogP contribution in [0.1, 0.15) is 20.3 Å². The van der Waals surface area contributed by atoms with E-state index in [1.54, 1.807) is 0 Å². The van der Waals surface area contributed by atoms with Crippen molar-refractivity contribution in [2.45, 2.75) is 20.3 Å². The van der Waals surface area contributed by atoms with Crippen molar-refractivity contribution in [3.8, 4) is 0 Å². The maximum absolute atomic E-state index is 5.59. The molecule has 0 aromatic heterocycles. The summed E-state index contributed by atoms with van der Waals surface area (Å²) in [5.74, 6) is 0. The van der Waals surface area contributed by atoms with E-state index < -0.39 is 0 Å². The summed E-state index contributed by atoms with van der Waals surface area (Å²) in [5.41, 5.74) is 7.38. The first-order valence-corrected chi connectivity index (χ1v) is 4.04. The van der Waals surface area contributed by atoms with Gasteiger partial charge in [0.1, 0.15) is 0 Å². The van der Waals surface area contributed by atoms with Gasteiger partial charge in [-0.2, -0.15) is 0 Å². The van der Waals surface area contributed by atoms with E-state index in [9.17, 15) is 0 Å². The Morgan fingerprint density at radius 2 is 2.18 bits per heavy atom. The molecule has 0 aromatic carbocycles. The molecule has 0 spiro atoms. The number of thiol groups is 1. The van der Waals surface area contributed by atoms with Crippen LogP contribution in [-0.2, 0) is 0 Å². The van der Waals surface area contributed by atoms with Crippen molar-refractivity contribution < 1.29 is 0 Å². The number of nitrogens with two attached hydrogens (primary N) is 1. The molecule has 0 saturated heterocycles. The van der Waals surface area contributed by atoms with Gasteiger partial charge in [0.2, 0.25) is 0 Å². The zero-order chi connectivity index (χ0) is 8.85. The minimum absolute atomic E-state index is 0.619. The van der Waals surface area contributed by atoms with Crippen molar-refractivity contribution in [1.29, 1.82) is 0 Å². The Kier molecular flexibility index (Phi) is 4.79. The summed E-state index contributed by atoms with van der Waals surface area (Å²) in [6.07, 6.45) is 5.00. The predicted octanol–water partition coefficient (Wildman–Crippen LogP) is 2.63. The van der Waals surface area contributed by atoms with Crippen LogP contribution in [0.15, 0.2) is 34.9 Å². The molecule has 0 aliphatic rings. The standard InChI is InChI=1S/C9H15NS/c1-4-5-7(2)6-9(10)8(3)11/h5-6,11H,3-4,10H2,1-2H3/b7-5-,9-6+. The SMILES string of the molecule is C=C(S)/C(N)=C\C(C)=C/CC. The molecular formula is C9H15NS. The summed E-state index contributed by atoms with van der Waals surface area (Å²) in [6, 6.07) is 0. The Balaban J connectivity index is 4.30. The van der Waals surface area contributed by atoms with Crippen molar-refractivity contribution in [2.24, 2.45) is 5.73 Å². The van der Waals surface area contributed by atoms with Gasteiger partial charge in [0.15, 0.2) is 0 Å². The topological polar surface area (TPSA) is 26.0 Å². The summed E-state index contributed by atoms with van der Waals surface area (Å²) in [4.78, 5) is 0.619. The lowest BCUT2D eigenvalue weighted by atomic mass is 10.2. The van der Waals surface area contributed by atoms with Crippen LogP contribution >= 0.6 is 12.6 Å². The van der Waals surface area contributed by atoms with Crippen LogP contribution in [0.4, 0.5) is 0 Å². The van der Waals surface area contributed by atoms with Crippen LogP contribution in [0, 0.1) is 0 Å². The number of rotatable bonds is 3. The van der Waals surface area contributed by atoms with Gasteiger partial charge >= 0.3 is 0 Å². The zero-order valence-electron chi connectivity index (χ0n) is 7.09. The van der Waals surface area contributed by atoms with Crippen LogP contribution in [0.2, 0.25) is 0 Å². The summed E-state index contributed by atoms with van der Waals surface area (Å²) in [6.45, 7) is 7.71. The van der Waals surface area contributed by atoms with Crippen molar-refractivity contribution in [1.82, 2.24) is 0 Å². The highest BCUT2D eigenvalue weighted by Gasteiger charge is 1.90. The van der Waals surface area contributed by atoms with Crippen LogP contribution < -0.4 is 5.73 Å². The molecule has 0 unspecified atom stereocenters. The largest absolute Gasteiger partial charge is 0.398 e. The van der Waals surface area contributed by atoms with E-state index in [0.29, 0.717) is 10.6 Å². The molecular weight excluding hydrogens is 154 g/mol. The van der Waals surface area contributed by atoms with E-state index in [2.05, 4.69) is 32.2 Å². The van der Waals surface area contributed by atoms with Crippen molar-refractivity contribution in [3.05, 3.63) is 34.9 Å². The van der Waals surface area contributed by atoms with E-state index in [1.807, 2.05) is 13.0 Å². The molecule has 0 saturated carbocycles. The van der Waals surface area contributed by atoms with Crippen LogP contribution in [0.25, 0.3) is 0 Å². The van der Waals surface area contributed by atoms with E-state index in [1.165, 1.54) is 0 Å². The Labute approximate surface area is 74.1 Å². The first-order valence-electron chi connectivity index (χ1n) is 3.60. The number of hydrogen-bond acceptors (Lipinski definition) is 2. The lowest BCUT2D eigenvalue weighted by molar-refractivity contribution is 1.19. The highest BCUT2D eigenvalue weighted by atomic mass is 32.1. The molecule has 0 radical (unpaired) electrons. The summed E-state index contributed by atoms with van der Waals surface area (Å²) < 4.78 is 0. The van der Waals surface area contributed by atoms with Crippen molar-refractivity contribution in [3.63, 3.8) is 0 Å². The summed E-state index contributed by atoms with van der Waals surface area (Å²) in [7, 11) is 0. The highest BCUT2D eigenvalue weighted by molar-refractivity contribution is 7.84. The smallest absolute Gasteiger partial charge is 0.0446 e. The van der Waals surface area contributed by atoms with Crippen LogP contribution in [0.5, 0.6) is 0 Å². The third kappa shape index (κ3) is 4.73. The second kappa shape index (κ2) is 5.08. The van der Waals surface area contributed by atoms with Crippen molar-refractivity contribution in [2.75, 3.05) is 0 Å². The maximum Gasteiger partial charge on any atom is 0.0446 e. The van der Waals surface area contributed by atoms with Crippen LogP contribution in [0.3, 0.4) is 0 Å². The lowest BCUT2D eigenvalue weighted by Crippen LogP contribution is -1.95. The molecule has 0 heterocycles. The quantitative estimate of drug-likeness (QED) is 0.493. The Hall–Kier alpha value is -0.630. The fourth-order valence-corrected chi connectivity index (χ4v) is 0.774. The van der Waals surface area contributed by atoms with E-state index in [-0.39, 0.29) is 0 Å². The van der Waals surface area contributed by atoms with Gasteiger partial charge < -0.3 is 5.73 Å². The molecule has 0 fully saturated rings. The van der Waals surface area contributed by atoms with Gasteiger partial charge in [-0.1, -0.05) is 25.2 Å². The normalized spacial score (nSPS) is 13.4. The average molecular weight is 169 g/mol. The first-order chi connectivity index (χ1) is 5.07. The number of hydrogen-bond donors (Lipinski definition) is 2. The Morgan fingerprint density at radius 3 is 2.55 bits per heavy atom. The summed E-state index contributed by atoms with van der Waals surface area (Å²) >= 11 is 4.02. The highest BCUT2D eigenvalue weighted by Crippen LogP contribution is 2.08. The lowest BCUT2D eigenvalue weighted by Gasteiger charge is -1.97. The predicted molar refractivity (Wildman–Crippen MR) is 54.4 cm³/mol. The van der Waals surface area contributed by atoms with Crippen LogP contribution in [-0.4, -0.2) is 0 Å². The summed E-state index contributed by atoms with van der Waals surface area (Å²) in [5, 5.41) is 0. The Bertz CT molecular complexity index is 202. The van der Waals surface area contributed by atoms with E-state index in [0.717, 1.165) is 12.0 Å². The Morgan fingerprint density at radius 1 is 1.64 bits per heavy atom. The second-order valence-electron chi connectivity index (χ2n) is 2.40. The molecule has 1 nitrogen and oxygen atoms in total. The first kappa shape index (κ1) is 10.4. The zero-order valence-corrected chi connectivity index (χ0v) is 7.99. The molecule has 0 aliphatic carbocycles. The van der Waals surface area contributed by atoms with Gasteiger partial charge in [0, 0.05) is 10.6 Å². The molecule has 0 atom stereocenters. The third-order valence-electron chi connectivity index (χ3n) is 1.24. The monoisotopic (exact) mass is 169 g/mol. The fraction of sp³-hybridized carbons (Fsp3) is 0.333. The fourth-order valence-electron chi connectivity index (χ4n) is 0.709. The average Bonchev–Trinajstić information content (AvgIpc) is 1.87. The van der Waals surface area contributed by atoms with E-state index in [4.69, 9.17) is 5.73 Å². The molecule has 62 valence electrons. The van der Waals surface area contributed by atoms with Gasteiger partial charge in [-0.3, -0.25) is 0 Å². The molecule has 11 heavy (non-hydrogen) atoms. The van der Waals surface area contributed by atoms with Crippen molar-refractivity contribution >= 4 is 12.6 Å². The van der Waals surface area contributed by atoms with Gasteiger partial charge in [-0.15, -0.1) is 12.6 Å². The third-order valence-corrected chi connectivity index (χ3v) is 1.50. The molecule has 0 aliphatic heterocycles. The molecule has 0 amide bonds. The van der Waals surface area contributed by atoms with Gasteiger partial charge in [0.05, 0.1) is 0 Å². The minimum Gasteiger partial charge on any atom is -0.398 e. The van der Waals surface area contributed by atoms with Gasteiger partial charge in [0.25, 0.3) is 0 Å². The number of allylic oxidation sites excluding steroid dienone is 3. The molecule has 0 bridgehead atoms. The van der Waals surface area contributed by atoms with Gasteiger partial charge in [-0.25, -0.2) is 0 Å². The molecule has 2 N–H and O–H groups in total. The minimum atomic E-state index is 0.619. The van der Waals surface area contributed by atoms with E-state index >= 15 is 0 Å². The second-order valence-corrected chi connectivity index (χ2v) is 2.94. The van der Waals surface area contributed by atoms with Gasteiger partial charge in [-0.05, 0) is 19.4 Å². The maximum atomic E-state index is 5.59. The molecule has 0 aromatic rings.